The standard InChI is InChI=1S/C33H58F2N4O5S/c1-7-11-38(12-8-2)33(42)27-15-24(10-4)14-26(19-27)32(41)36-30(18-25-16-28(34)20-29(35)17-25)31(40)21-39(13-9-3)37-45(43,44)22-23(5)6/h4,23-31,37,40H,7-9,11-22H2,1-3,5-6H3,(H,36,41). The molecule has 45 heavy (non-hydrogen) atoms. The molecule has 2 amide bonds. The van der Waals surface area contributed by atoms with E-state index in [0.717, 1.165) is 12.8 Å². The van der Waals surface area contributed by atoms with Crippen LogP contribution in [0.2, 0.25) is 0 Å². The van der Waals surface area contributed by atoms with Gasteiger partial charge < -0.3 is 15.3 Å². The fourth-order valence-corrected chi connectivity index (χ4v) is 8.44. The number of hydrogen-bond donors (Lipinski definition) is 3. The molecule has 0 radical (unpaired) electrons. The predicted molar refractivity (Wildman–Crippen MR) is 174 cm³/mol. The first kappa shape index (κ1) is 39.4. The molecule has 0 saturated heterocycles. The second kappa shape index (κ2) is 19.1. The van der Waals surface area contributed by atoms with E-state index in [-0.39, 0.29) is 61.6 Å². The van der Waals surface area contributed by atoms with E-state index in [1.165, 1.54) is 5.01 Å². The molecule has 0 bridgehead atoms. The number of halogens is 2. The molecular formula is C33H58F2N4O5S. The van der Waals surface area contributed by atoms with Crippen molar-refractivity contribution in [2.45, 2.75) is 123 Å². The Balaban J connectivity index is 2.27. The molecule has 0 aliphatic heterocycles. The van der Waals surface area contributed by atoms with Gasteiger partial charge in [-0.2, -0.15) is 0 Å². The first-order chi connectivity index (χ1) is 21.2. The van der Waals surface area contributed by atoms with Crippen molar-refractivity contribution in [3.63, 3.8) is 0 Å². The first-order valence-electron chi connectivity index (χ1n) is 17.0. The van der Waals surface area contributed by atoms with Gasteiger partial charge in [-0.3, -0.25) is 9.59 Å². The monoisotopic (exact) mass is 660 g/mol. The smallest absolute Gasteiger partial charge is 0.225 e. The van der Waals surface area contributed by atoms with Crippen molar-refractivity contribution < 1.29 is 31.9 Å². The van der Waals surface area contributed by atoms with Crippen LogP contribution in [-0.2, 0) is 19.6 Å². The summed E-state index contributed by atoms with van der Waals surface area (Å²) in [4.78, 5) is 31.7. The molecule has 2 saturated carbocycles. The summed E-state index contributed by atoms with van der Waals surface area (Å²) in [5.74, 6) is 0.561. The third-order valence-corrected chi connectivity index (χ3v) is 10.4. The minimum absolute atomic E-state index is 0.00195. The third kappa shape index (κ3) is 13.4. The maximum atomic E-state index is 14.3. The van der Waals surface area contributed by atoms with E-state index in [4.69, 9.17) is 6.42 Å². The summed E-state index contributed by atoms with van der Waals surface area (Å²) >= 11 is 0. The van der Waals surface area contributed by atoms with Crippen LogP contribution >= 0.6 is 0 Å². The van der Waals surface area contributed by atoms with Gasteiger partial charge in [-0.15, -0.1) is 17.2 Å². The van der Waals surface area contributed by atoms with Gasteiger partial charge >= 0.3 is 0 Å². The molecule has 0 heterocycles. The Morgan fingerprint density at radius 2 is 1.51 bits per heavy atom. The zero-order valence-electron chi connectivity index (χ0n) is 28.0. The maximum absolute atomic E-state index is 14.3. The van der Waals surface area contributed by atoms with Gasteiger partial charge in [0.15, 0.2) is 0 Å². The van der Waals surface area contributed by atoms with Gasteiger partial charge in [0.25, 0.3) is 0 Å². The molecule has 0 aromatic heterocycles. The number of aliphatic hydroxyl groups is 1. The predicted octanol–water partition coefficient (Wildman–Crippen LogP) is 4.22. The molecular weight excluding hydrogens is 602 g/mol. The van der Waals surface area contributed by atoms with Crippen molar-refractivity contribution in [1.29, 1.82) is 0 Å². The van der Waals surface area contributed by atoms with E-state index in [1.807, 2.05) is 25.7 Å². The fourth-order valence-electron chi connectivity index (χ4n) is 6.92. The summed E-state index contributed by atoms with van der Waals surface area (Å²) < 4.78 is 54.1. The van der Waals surface area contributed by atoms with Crippen LogP contribution in [0.25, 0.3) is 0 Å². The average molecular weight is 661 g/mol. The highest BCUT2D eigenvalue weighted by atomic mass is 32.2. The second-order valence-corrected chi connectivity index (χ2v) is 15.4. The molecule has 2 fully saturated rings. The van der Waals surface area contributed by atoms with E-state index in [9.17, 15) is 31.9 Å². The molecule has 2 aliphatic rings. The number of nitrogens with zero attached hydrogens (tertiary/aromatic N) is 2. The largest absolute Gasteiger partial charge is 0.390 e. The maximum Gasteiger partial charge on any atom is 0.225 e. The van der Waals surface area contributed by atoms with Crippen LogP contribution < -0.4 is 10.1 Å². The lowest BCUT2D eigenvalue weighted by Gasteiger charge is -2.37. The number of alkyl halides is 2. The number of hydrazine groups is 1. The first-order valence-corrected chi connectivity index (χ1v) is 18.6. The molecule has 0 aromatic carbocycles. The minimum atomic E-state index is -3.67. The van der Waals surface area contributed by atoms with Crippen molar-refractivity contribution in [3.8, 4) is 12.3 Å². The van der Waals surface area contributed by atoms with Gasteiger partial charge in [-0.05, 0) is 69.6 Å². The molecule has 7 unspecified atom stereocenters. The quantitative estimate of drug-likeness (QED) is 0.150. The summed E-state index contributed by atoms with van der Waals surface area (Å²) in [5.41, 5.74) is 0. The number of carbonyl (C=O) groups is 2. The van der Waals surface area contributed by atoms with Crippen LogP contribution in [0.4, 0.5) is 8.78 Å². The van der Waals surface area contributed by atoms with Gasteiger partial charge in [0.05, 0.1) is 17.9 Å². The van der Waals surface area contributed by atoms with E-state index in [2.05, 4.69) is 16.1 Å². The molecule has 0 aromatic rings. The highest BCUT2D eigenvalue weighted by Crippen LogP contribution is 2.36. The number of nitrogens with one attached hydrogen (secondary N) is 2. The third-order valence-electron chi connectivity index (χ3n) is 8.75. The molecule has 7 atom stereocenters. The summed E-state index contributed by atoms with van der Waals surface area (Å²) in [5, 5.41) is 15.8. The number of amides is 2. The van der Waals surface area contributed by atoms with Crippen LogP contribution in [0.3, 0.4) is 0 Å². The number of terminal acetylenes is 1. The topological polar surface area (TPSA) is 119 Å². The Morgan fingerprint density at radius 1 is 0.933 bits per heavy atom. The number of sulfonamides is 1. The summed E-state index contributed by atoms with van der Waals surface area (Å²) in [6, 6.07) is -0.883. The van der Waals surface area contributed by atoms with E-state index in [0.29, 0.717) is 45.3 Å². The van der Waals surface area contributed by atoms with Crippen molar-refractivity contribution in [2.24, 2.45) is 29.6 Å². The number of rotatable bonds is 18. The van der Waals surface area contributed by atoms with Crippen LogP contribution in [0.1, 0.15) is 98.8 Å². The van der Waals surface area contributed by atoms with Crippen molar-refractivity contribution in [3.05, 3.63) is 0 Å². The summed E-state index contributed by atoms with van der Waals surface area (Å²) in [7, 11) is -3.67. The molecule has 3 N–H and O–H groups in total. The van der Waals surface area contributed by atoms with E-state index < -0.39 is 52.3 Å². The SMILES string of the molecule is C#CC1CC(C(=O)NC(CC2CC(F)CC(F)C2)C(O)CN(CCC)NS(=O)(=O)CC(C)C)CC(C(=O)N(CCC)CCC)C1. The normalized spacial score (nSPS) is 27.1. The summed E-state index contributed by atoms with van der Waals surface area (Å²) in [6.07, 6.45) is 5.69. The van der Waals surface area contributed by atoms with Crippen LogP contribution in [0.5, 0.6) is 0 Å². The lowest BCUT2D eigenvalue weighted by atomic mass is 9.74. The second-order valence-electron chi connectivity index (χ2n) is 13.7. The average Bonchev–Trinajstić information content (AvgIpc) is 2.94. The Kier molecular flexibility index (Phi) is 16.7. The lowest BCUT2D eigenvalue weighted by molar-refractivity contribution is -0.139. The Hall–Kier alpha value is -1.81. The number of carbonyl (C=O) groups excluding carboxylic acids is 2. The zero-order chi connectivity index (χ0) is 33.7. The number of aliphatic hydroxyl groups excluding tert-OH is 1. The van der Waals surface area contributed by atoms with E-state index >= 15 is 0 Å². The Bertz CT molecular complexity index is 1060. The fraction of sp³-hybridized carbons (Fsp3) is 0.879. The van der Waals surface area contributed by atoms with Gasteiger partial charge in [-0.1, -0.05) is 34.6 Å². The van der Waals surface area contributed by atoms with Crippen molar-refractivity contribution in [2.75, 3.05) is 31.9 Å². The minimum Gasteiger partial charge on any atom is -0.390 e. The molecule has 2 rings (SSSR count). The van der Waals surface area contributed by atoms with E-state index in [1.54, 1.807) is 13.8 Å². The highest BCUT2D eigenvalue weighted by Gasteiger charge is 2.39. The van der Waals surface area contributed by atoms with Gasteiger partial charge in [-0.25, -0.2) is 22.2 Å². The molecule has 0 spiro atoms. The van der Waals surface area contributed by atoms with Crippen molar-refractivity contribution >= 4 is 21.8 Å². The Labute approximate surface area is 270 Å². The van der Waals surface area contributed by atoms with Crippen LogP contribution in [0.15, 0.2) is 0 Å². The zero-order valence-corrected chi connectivity index (χ0v) is 28.8. The van der Waals surface area contributed by atoms with Gasteiger partial charge in [0, 0.05) is 50.4 Å². The molecule has 12 heteroatoms. The Morgan fingerprint density at radius 3 is 2.04 bits per heavy atom. The van der Waals surface area contributed by atoms with Gasteiger partial charge in [0.2, 0.25) is 21.8 Å². The molecule has 2 aliphatic carbocycles. The molecule has 9 nitrogen and oxygen atoms in total. The molecule has 260 valence electrons. The lowest BCUT2D eigenvalue weighted by Crippen LogP contribution is -2.55. The number of hydrogen-bond acceptors (Lipinski definition) is 6. The van der Waals surface area contributed by atoms with Crippen LogP contribution in [-0.4, -0.2) is 91.7 Å². The van der Waals surface area contributed by atoms with Gasteiger partial charge in [0.1, 0.15) is 12.3 Å². The van der Waals surface area contributed by atoms with Crippen molar-refractivity contribution in [1.82, 2.24) is 20.1 Å². The summed E-state index contributed by atoms with van der Waals surface area (Å²) in [6.45, 7) is 11.0. The van der Waals surface area contributed by atoms with Crippen LogP contribution in [0, 0.1) is 41.9 Å². The highest BCUT2D eigenvalue weighted by molar-refractivity contribution is 7.89.